The Balaban J connectivity index is 2.39. The van der Waals surface area contributed by atoms with Crippen LogP contribution in [0.25, 0.3) is 4.91 Å². The van der Waals surface area contributed by atoms with Gasteiger partial charge in [0.25, 0.3) is 0 Å². The van der Waals surface area contributed by atoms with E-state index in [0.717, 1.165) is 11.4 Å². The Kier molecular flexibility index (Phi) is 2.15. The summed E-state index contributed by atoms with van der Waals surface area (Å²) in [5.41, 5.74) is 0.688. The first-order chi connectivity index (χ1) is 5.88. The van der Waals surface area contributed by atoms with E-state index in [0.29, 0.717) is 5.56 Å². The molecule has 0 saturated heterocycles. The first-order valence-corrected chi connectivity index (χ1v) is 4.54. The number of hydrogen-bond acceptors (Lipinski definition) is 2. The second-order valence-corrected chi connectivity index (χ2v) is 3.43. The van der Waals surface area contributed by atoms with E-state index < -0.39 is 0 Å². The highest BCUT2D eigenvalue weighted by Gasteiger charge is 2.10. The van der Waals surface area contributed by atoms with Crippen molar-refractivity contribution < 1.29 is 4.39 Å². The van der Waals surface area contributed by atoms with Gasteiger partial charge in [0.15, 0.2) is 0 Å². The van der Waals surface area contributed by atoms with Crippen molar-refractivity contribution in [3.8, 4) is 0 Å². The number of nitrogens with one attached hydrogen (secondary N) is 1. The zero-order valence-corrected chi connectivity index (χ0v) is 7.20. The summed E-state index contributed by atoms with van der Waals surface area (Å²) in [6.45, 7) is 0.814. The predicted octanol–water partition coefficient (Wildman–Crippen LogP) is 2.42. The normalized spacial score (nSPS) is 16.2. The van der Waals surface area contributed by atoms with Crippen molar-refractivity contribution in [3.63, 3.8) is 0 Å². The summed E-state index contributed by atoms with van der Waals surface area (Å²) in [6, 6.07) is 6.82. The van der Waals surface area contributed by atoms with Crippen LogP contribution in [0.5, 0.6) is 0 Å². The van der Waals surface area contributed by atoms with Gasteiger partial charge in [-0.2, -0.15) is 0 Å². The molecular formula is C9H8FNS. The summed E-state index contributed by atoms with van der Waals surface area (Å²) in [6.07, 6.45) is 1.99. The van der Waals surface area contributed by atoms with E-state index >= 15 is 0 Å². The third kappa shape index (κ3) is 1.38. The Labute approximate surface area is 74.8 Å². The van der Waals surface area contributed by atoms with Crippen LogP contribution < -0.4 is 4.72 Å². The van der Waals surface area contributed by atoms with Crippen LogP contribution >= 0.6 is 11.9 Å². The van der Waals surface area contributed by atoms with Crippen LogP contribution in [-0.2, 0) is 0 Å². The molecule has 1 aromatic rings. The molecule has 12 heavy (non-hydrogen) atoms. The maximum Gasteiger partial charge on any atom is 0.131 e. The fourth-order valence-electron chi connectivity index (χ4n) is 1.12. The Bertz CT molecular complexity index is 322. The average molecular weight is 181 g/mol. The van der Waals surface area contributed by atoms with Gasteiger partial charge in [-0.25, -0.2) is 4.39 Å². The van der Waals surface area contributed by atoms with Gasteiger partial charge in [0.2, 0.25) is 0 Å². The molecule has 2 rings (SSSR count). The molecule has 1 N–H and O–H groups in total. The number of halogens is 1. The summed E-state index contributed by atoms with van der Waals surface area (Å²) in [4.78, 5) is 0.980. The van der Waals surface area contributed by atoms with Gasteiger partial charge < -0.3 is 0 Å². The molecule has 0 amide bonds. The molecule has 3 heteroatoms. The second kappa shape index (κ2) is 3.29. The van der Waals surface area contributed by atoms with Crippen LogP contribution in [0, 0.1) is 5.82 Å². The van der Waals surface area contributed by atoms with Gasteiger partial charge in [0, 0.05) is 17.0 Å². The molecular weight excluding hydrogens is 173 g/mol. The fourth-order valence-corrected chi connectivity index (χ4v) is 1.89. The van der Waals surface area contributed by atoms with Crippen LogP contribution in [0.4, 0.5) is 4.39 Å². The summed E-state index contributed by atoms with van der Waals surface area (Å²) in [7, 11) is 0. The van der Waals surface area contributed by atoms with Crippen molar-refractivity contribution in [2.75, 3.05) is 6.54 Å². The maximum atomic E-state index is 13.2. The van der Waals surface area contributed by atoms with E-state index in [4.69, 9.17) is 0 Å². The summed E-state index contributed by atoms with van der Waals surface area (Å²) in [5, 5.41) is 0. The van der Waals surface area contributed by atoms with E-state index in [-0.39, 0.29) is 5.82 Å². The van der Waals surface area contributed by atoms with Crippen LogP contribution in [0.1, 0.15) is 5.56 Å². The van der Waals surface area contributed by atoms with Gasteiger partial charge in [-0.1, -0.05) is 24.3 Å². The van der Waals surface area contributed by atoms with E-state index in [9.17, 15) is 4.39 Å². The maximum absolute atomic E-state index is 13.2. The molecule has 0 aliphatic carbocycles. The highest BCUT2D eigenvalue weighted by atomic mass is 32.2. The minimum atomic E-state index is -0.153. The van der Waals surface area contributed by atoms with E-state index in [1.165, 1.54) is 18.0 Å². The number of benzene rings is 1. The monoisotopic (exact) mass is 181 g/mol. The zero-order chi connectivity index (χ0) is 8.39. The van der Waals surface area contributed by atoms with Crippen molar-refractivity contribution >= 4 is 16.9 Å². The third-order valence-corrected chi connectivity index (χ3v) is 2.61. The van der Waals surface area contributed by atoms with Crippen LogP contribution in [0.3, 0.4) is 0 Å². The van der Waals surface area contributed by atoms with E-state index in [2.05, 4.69) is 4.72 Å². The molecule has 0 fully saturated rings. The molecule has 1 nitrogen and oxygen atoms in total. The molecule has 0 aromatic heterocycles. The van der Waals surface area contributed by atoms with Gasteiger partial charge in [0.1, 0.15) is 5.82 Å². The van der Waals surface area contributed by atoms with Gasteiger partial charge in [-0.3, -0.25) is 4.72 Å². The third-order valence-electron chi connectivity index (χ3n) is 1.69. The fraction of sp³-hybridized carbons (Fsp3) is 0.111. The van der Waals surface area contributed by atoms with Crippen molar-refractivity contribution in [1.82, 2.24) is 4.72 Å². The molecule has 0 bridgehead atoms. The van der Waals surface area contributed by atoms with Gasteiger partial charge >= 0.3 is 0 Å². The van der Waals surface area contributed by atoms with Crippen molar-refractivity contribution in [2.45, 2.75) is 0 Å². The van der Waals surface area contributed by atoms with E-state index in [1.54, 1.807) is 12.1 Å². The Morgan fingerprint density at radius 2 is 2.17 bits per heavy atom. The smallest absolute Gasteiger partial charge is 0.131 e. The van der Waals surface area contributed by atoms with Crippen molar-refractivity contribution in [3.05, 3.63) is 41.7 Å². The van der Waals surface area contributed by atoms with Gasteiger partial charge in [-0.05, 0) is 18.0 Å². The zero-order valence-electron chi connectivity index (χ0n) is 6.38. The Hall–Kier alpha value is -0.800. The first kappa shape index (κ1) is 7.83. The molecule has 0 saturated carbocycles. The molecule has 1 aromatic carbocycles. The van der Waals surface area contributed by atoms with Crippen LogP contribution in [-0.4, -0.2) is 6.54 Å². The summed E-state index contributed by atoms with van der Waals surface area (Å²) >= 11 is 1.48. The second-order valence-electron chi connectivity index (χ2n) is 2.50. The Morgan fingerprint density at radius 3 is 2.83 bits per heavy atom. The number of hydrogen-bond donors (Lipinski definition) is 1. The standard InChI is InChI=1S/C9H8FNS/c10-8-4-2-1-3-7(8)9-5-6-11-12-9/h1-5,11H,6H2. The molecule has 1 heterocycles. The average Bonchev–Trinajstić information content (AvgIpc) is 2.57. The van der Waals surface area contributed by atoms with Crippen LogP contribution in [0.15, 0.2) is 30.3 Å². The lowest BCUT2D eigenvalue weighted by Gasteiger charge is -2.01. The topological polar surface area (TPSA) is 12.0 Å². The van der Waals surface area contributed by atoms with Crippen molar-refractivity contribution in [2.24, 2.45) is 0 Å². The molecule has 1 aliphatic heterocycles. The Morgan fingerprint density at radius 1 is 1.33 bits per heavy atom. The summed E-state index contributed by atoms with van der Waals surface area (Å²) in [5.74, 6) is -0.153. The van der Waals surface area contributed by atoms with E-state index in [1.807, 2.05) is 12.1 Å². The molecule has 0 radical (unpaired) electrons. The number of rotatable bonds is 1. The minimum Gasteiger partial charge on any atom is -0.256 e. The molecule has 0 unspecified atom stereocenters. The molecule has 0 atom stereocenters. The highest BCUT2D eigenvalue weighted by Crippen LogP contribution is 2.29. The SMILES string of the molecule is Fc1ccccc1C1=CCNS1. The lowest BCUT2D eigenvalue weighted by atomic mass is 10.2. The predicted molar refractivity (Wildman–Crippen MR) is 50.0 cm³/mol. The molecule has 1 aliphatic rings. The lowest BCUT2D eigenvalue weighted by molar-refractivity contribution is 0.625. The van der Waals surface area contributed by atoms with Gasteiger partial charge in [-0.15, -0.1) is 0 Å². The minimum absolute atomic E-state index is 0.153. The summed E-state index contributed by atoms with van der Waals surface area (Å²) < 4.78 is 16.2. The highest BCUT2D eigenvalue weighted by molar-refractivity contribution is 8.06. The largest absolute Gasteiger partial charge is 0.256 e. The van der Waals surface area contributed by atoms with Crippen LogP contribution in [0.2, 0.25) is 0 Å². The molecule has 62 valence electrons. The lowest BCUT2D eigenvalue weighted by Crippen LogP contribution is -1.93. The quantitative estimate of drug-likeness (QED) is 0.668. The molecule has 0 spiro atoms. The van der Waals surface area contributed by atoms with Crippen molar-refractivity contribution in [1.29, 1.82) is 0 Å². The van der Waals surface area contributed by atoms with Gasteiger partial charge in [0.05, 0.1) is 0 Å². The first-order valence-electron chi connectivity index (χ1n) is 3.73.